The minimum Gasteiger partial charge on any atom is -0.419 e. The van der Waals surface area contributed by atoms with Crippen molar-refractivity contribution in [3.63, 3.8) is 0 Å². The Morgan fingerprint density at radius 2 is 1.71 bits per heavy atom. The van der Waals surface area contributed by atoms with Crippen LogP contribution < -0.4 is 4.90 Å². The third-order valence-corrected chi connectivity index (χ3v) is 6.55. The molecule has 28 heavy (non-hydrogen) atoms. The molecule has 0 radical (unpaired) electrons. The van der Waals surface area contributed by atoms with Gasteiger partial charge in [-0.05, 0) is 42.8 Å². The number of sulfone groups is 1. The molecule has 0 atom stereocenters. The molecule has 8 heteroatoms. The van der Waals surface area contributed by atoms with E-state index in [1.165, 1.54) is 12.1 Å². The van der Waals surface area contributed by atoms with Crippen molar-refractivity contribution in [2.75, 3.05) is 31.2 Å². The molecule has 0 bridgehead atoms. The van der Waals surface area contributed by atoms with Gasteiger partial charge >= 0.3 is 0 Å². The van der Waals surface area contributed by atoms with E-state index in [2.05, 4.69) is 4.98 Å². The number of benzene rings is 2. The highest BCUT2D eigenvalue weighted by Crippen LogP contribution is 2.36. The molecule has 3 aromatic rings. The van der Waals surface area contributed by atoms with Crippen LogP contribution in [0.5, 0.6) is 0 Å². The molecule has 1 aliphatic rings. The number of oxazole rings is 1. The first-order valence-corrected chi connectivity index (χ1v) is 10.7. The molecule has 0 aliphatic carbocycles. The third kappa shape index (κ3) is 3.53. The lowest BCUT2D eigenvalue weighted by Gasteiger charge is -2.26. The van der Waals surface area contributed by atoms with Crippen molar-refractivity contribution in [1.29, 1.82) is 0 Å². The normalized spacial score (nSPS) is 15.0. The average Bonchev–Trinajstić information content (AvgIpc) is 3.15. The van der Waals surface area contributed by atoms with Gasteiger partial charge in [0, 0.05) is 23.7 Å². The van der Waals surface area contributed by atoms with Gasteiger partial charge in [-0.25, -0.2) is 8.42 Å². The Morgan fingerprint density at radius 3 is 2.39 bits per heavy atom. The zero-order valence-corrected chi connectivity index (χ0v) is 16.8. The number of aromatic nitrogens is 1. The summed E-state index contributed by atoms with van der Waals surface area (Å²) in [6.45, 7) is 4.00. The quantitative estimate of drug-likeness (QED) is 0.638. The average molecular weight is 419 g/mol. The first-order valence-electron chi connectivity index (χ1n) is 8.87. The molecule has 4 rings (SSSR count). The highest BCUT2D eigenvalue weighted by molar-refractivity contribution is 7.91. The van der Waals surface area contributed by atoms with Gasteiger partial charge in [-0.3, -0.25) is 0 Å². The summed E-state index contributed by atoms with van der Waals surface area (Å²) < 4.78 is 38.0. The van der Waals surface area contributed by atoms with Crippen molar-refractivity contribution in [2.24, 2.45) is 0 Å². The van der Waals surface area contributed by atoms with Crippen molar-refractivity contribution < 1.29 is 17.6 Å². The van der Waals surface area contributed by atoms with Crippen molar-refractivity contribution >= 4 is 27.3 Å². The molecule has 0 saturated carbocycles. The van der Waals surface area contributed by atoms with Gasteiger partial charge in [0.05, 0.1) is 18.1 Å². The van der Waals surface area contributed by atoms with E-state index in [1.54, 1.807) is 12.1 Å². The predicted molar refractivity (Wildman–Crippen MR) is 107 cm³/mol. The Labute approximate surface area is 168 Å². The van der Waals surface area contributed by atoms with Crippen LogP contribution in [0.2, 0.25) is 5.02 Å². The van der Waals surface area contributed by atoms with Gasteiger partial charge in [-0.1, -0.05) is 29.8 Å². The standard InChI is InChI=1S/C20H19ClN2O4S/c1-14-4-2-3-5-17(14)18-22-19(20(27-18)23-10-12-26-13-11-23)28(24,25)16-8-6-15(21)7-9-16/h2-9H,10-13H2,1H3. The van der Waals surface area contributed by atoms with Gasteiger partial charge in [-0.15, -0.1) is 0 Å². The topological polar surface area (TPSA) is 72.6 Å². The fraction of sp³-hybridized carbons (Fsp3) is 0.250. The summed E-state index contributed by atoms with van der Waals surface area (Å²) in [4.78, 5) is 6.40. The smallest absolute Gasteiger partial charge is 0.236 e. The van der Waals surface area contributed by atoms with E-state index < -0.39 is 9.84 Å². The van der Waals surface area contributed by atoms with Crippen molar-refractivity contribution in [3.8, 4) is 11.5 Å². The maximum absolute atomic E-state index is 13.3. The highest BCUT2D eigenvalue weighted by Gasteiger charge is 2.32. The minimum atomic E-state index is -3.88. The van der Waals surface area contributed by atoms with Crippen LogP contribution in [0, 0.1) is 6.92 Å². The van der Waals surface area contributed by atoms with Gasteiger partial charge in [0.1, 0.15) is 0 Å². The monoisotopic (exact) mass is 418 g/mol. The van der Waals surface area contributed by atoms with Crippen molar-refractivity contribution in [3.05, 3.63) is 59.1 Å². The molecule has 0 spiro atoms. The second kappa shape index (κ2) is 7.58. The summed E-state index contributed by atoms with van der Waals surface area (Å²) in [6.07, 6.45) is 0. The van der Waals surface area contributed by atoms with Crippen LogP contribution in [0.3, 0.4) is 0 Å². The summed E-state index contributed by atoms with van der Waals surface area (Å²) in [5, 5.41) is 0.378. The Morgan fingerprint density at radius 1 is 1.04 bits per heavy atom. The fourth-order valence-corrected chi connectivity index (χ4v) is 4.54. The molecule has 0 amide bonds. The van der Waals surface area contributed by atoms with Gasteiger partial charge in [0.2, 0.25) is 26.6 Å². The summed E-state index contributed by atoms with van der Waals surface area (Å²) in [7, 11) is -3.88. The number of morpholine rings is 1. The van der Waals surface area contributed by atoms with E-state index in [4.69, 9.17) is 20.8 Å². The van der Waals surface area contributed by atoms with E-state index >= 15 is 0 Å². The molecule has 2 aromatic carbocycles. The summed E-state index contributed by atoms with van der Waals surface area (Å²) >= 11 is 5.91. The second-order valence-corrected chi connectivity index (χ2v) is 8.80. The molecule has 2 heterocycles. The zero-order valence-electron chi connectivity index (χ0n) is 15.3. The first-order chi connectivity index (χ1) is 13.5. The molecule has 1 saturated heterocycles. The number of halogens is 1. The summed E-state index contributed by atoms with van der Waals surface area (Å²) in [5.74, 6) is 0.531. The highest BCUT2D eigenvalue weighted by atomic mass is 35.5. The van der Waals surface area contributed by atoms with Gasteiger partial charge < -0.3 is 14.1 Å². The number of ether oxygens (including phenoxy) is 1. The van der Waals surface area contributed by atoms with E-state index in [-0.39, 0.29) is 21.7 Å². The summed E-state index contributed by atoms with van der Waals surface area (Å²) in [6, 6.07) is 13.6. The Bertz CT molecular complexity index is 1090. The summed E-state index contributed by atoms with van der Waals surface area (Å²) in [5.41, 5.74) is 1.71. The van der Waals surface area contributed by atoms with Crippen LogP contribution in [0.4, 0.5) is 5.88 Å². The molecule has 6 nitrogen and oxygen atoms in total. The van der Waals surface area contributed by atoms with Gasteiger partial charge in [-0.2, -0.15) is 4.98 Å². The molecule has 0 N–H and O–H groups in total. The largest absolute Gasteiger partial charge is 0.419 e. The molecular formula is C20H19ClN2O4S. The van der Waals surface area contributed by atoms with Crippen LogP contribution in [-0.4, -0.2) is 39.7 Å². The van der Waals surface area contributed by atoms with Crippen LogP contribution in [0.1, 0.15) is 5.56 Å². The van der Waals surface area contributed by atoms with Gasteiger partial charge in [0.25, 0.3) is 0 Å². The first kappa shape index (κ1) is 19.0. The molecule has 146 valence electrons. The molecule has 1 aromatic heterocycles. The van der Waals surface area contributed by atoms with Crippen LogP contribution in [0.25, 0.3) is 11.5 Å². The van der Waals surface area contributed by atoms with E-state index in [0.717, 1.165) is 11.1 Å². The van der Waals surface area contributed by atoms with Crippen LogP contribution in [0.15, 0.2) is 62.9 Å². The van der Waals surface area contributed by atoms with Crippen LogP contribution in [-0.2, 0) is 14.6 Å². The van der Waals surface area contributed by atoms with Crippen LogP contribution >= 0.6 is 11.6 Å². The number of hydrogen-bond acceptors (Lipinski definition) is 6. The van der Waals surface area contributed by atoms with E-state index in [1.807, 2.05) is 36.1 Å². The molecular weight excluding hydrogens is 400 g/mol. The number of rotatable bonds is 4. The minimum absolute atomic E-state index is 0.0880. The number of hydrogen-bond donors (Lipinski definition) is 0. The van der Waals surface area contributed by atoms with E-state index in [9.17, 15) is 8.42 Å². The Balaban J connectivity index is 1.87. The number of nitrogens with zero attached hydrogens (tertiary/aromatic N) is 2. The predicted octanol–water partition coefficient (Wildman–Crippen LogP) is 3.97. The Hall–Kier alpha value is -2.35. The number of anilines is 1. The third-order valence-electron chi connectivity index (χ3n) is 4.63. The molecule has 0 unspecified atom stereocenters. The Kier molecular flexibility index (Phi) is 5.14. The molecule has 1 aliphatic heterocycles. The SMILES string of the molecule is Cc1ccccc1-c1nc(S(=O)(=O)c2ccc(Cl)cc2)c(N2CCOCC2)o1. The fourth-order valence-electron chi connectivity index (χ4n) is 3.09. The molecule has 1 fully saturated rings. The van der Waals surface area contributed by atoms with Gasteiger partial charge in [0.15, 0.2) is 0 Å². The lowest BCUT2D eigenvalue weighted by molar-refractivity contribution is 0.120. The zero-order chi connectivity index (χ0) is 19.7. The second-order valence-electron chi connectivity index (χ2n) is 6.50. The van der Waals surface area contributed by atoms with Crippen molar-refractivity contribution in [2.45, 2.75) is 16.8 Å². The maximum atomic E-state index is 13.3. The lowest BCUT2D eigenvalue weighted by Crippen LogP contribution is -2.36. The maximum Gasteiger partial charge on any atom is 0.236 e. The lowest BCUT2D eigenvalue weighted by atomic mass is 10.1. The number of aryl methyl sites for hydroxylation is 1. The van der Waals surface area contributed by atoms with Crippen molar-refractivity contribution in [1.82, 2.24) is 4.98 Å². The van der Waals surface area contributed by atoms with E-state index in [0.29, 0.717) is 31.3 Å².